The third-order valence-corrected chi connectivity index (χ3v) is 7.64. The molecule has 0 spiro atoms. The predicted molar refractivity (Wildman–Crippen MR) is 166 cm³/mol. The second kappa shape index (κ2) is 14.2. The molecular weight excluding hydrogens is 643 g/mol. The highest BCUT2D eigenvalue weighted by atomic mass is 79.9. The Morgan fingerprint density at radius 1 is 0.814 bits per heavy atom. The van der Waals surface area contributed by atoms with Gasteiger partial charge in [-0.05, 0) is 79.2 Å². The number of thioether (sulfide) groups is 1. The van der Waals surface area contributed by atoms with Gasteiger partial charge in [0.25, 0.3) is 11.8 Å². The normalized spacial score (nSPS) is 12.3. The Hall–Kier alpha value is -4.35. The zero-order chi connectivity index (χ0) is 31.0. The summed E-state index contributed by atoms with van der Waals surface area (Å²) in [4.78, 5) is 39.3. The first-order chi connectivity index (χ1) is 20.5. The summed E-state index contributed by atoms with van der Waals surface area (Å²) in [5, 5.41) is 7.08. The van der Waals surface area contributed by atoms with Crippen molar-refractivity contribution < 1.29 is 27.6 Å². The van der Waals surface area contributed by atoms with Crippen molar-refractivity contribution in [1.29, 1.82) is 0 Å². The number of rotatable bonds is 9. The molecule has 220 valence electrons. The number of halogens is 4. The van der Waals surface area contributed by atoms with Crippen LogP contribution in [0.2, 0.25) is 0 Å². The molecular formula is C32H25BrF3N3O3S. The van der Waals surface area contributed by atoms with Crippen molar-refractivity contribution in [2.24, 2.45) is 0 Å². The number of hydrogen-bond donors (Lipinski definition) is 3. The number of anilines is 2. The molecule has 0 heterocycles. The summed E-state index contributed by atoms with van der Waals surface area (Å²) in [5.41, 5.74) is 0.309. The van der Waals surface area contributed by atoms with Crippen LogP contribution in [0.25, 0.3) is 6.08 Å². The lowest BCUT2D eigenvalue weighted by atomic mass is 10.1. The van der Waals surface area contributed by atoms with E-state index in [0.29, 0.717) is 21.7 Å². The highest BCUT2D eigenvalue weighted by Gasteiger charge is 2.34. The van der Waals surface area contributed by atoms with Gasteiger partial charge in [-0.15, -0.1) is 11.8 Å². The molecule has 0 aliphatic heterocycles. The van der Waals surface area contributed by atoms with E-state index in [9.17, 15) is 27.6 Å². The quantitative estimate of drug-likeness (QED) is 0.125. The van der Waals surface area contributed by atoms with Gasteiger partial charge in [0.2, 0.25) is 5.91 Å². The fraction of sp³-hybridized carbons (Fsp3) is 0.0938. The minimum Gasteiger partial charge on any atom is -0.325 e. The van der Waals surface area contributed by atoms with Crippen molar-refractivity contribution in [2.75, 3.05) is 10.6 Å². The van der Waals surface area contributed by atoms with Crippen molar-refractivity contribution in [3.05, 3.63) is 130 Å². The molecule has 0 saturated heterocycles. The Labute approximate surface area is 258 Å². The molecule has 3 amide bonds. The zero-order valence-corrected chi connectivity index (χ0v) is 25.0. The first kappa shape index (κ1) is 31.6. The molecule has 0 aromatic heterocycles. The maximum absolute atomic E-state index is 13.3. The molecule has 0 saturated carbocycles. The number of hydrogen-bond acceptors (Lipinski definition) is 4. The van der Waals surface area contributed by atoms with Crippen LogP contribution in [0.15, 0.2) is 118 Å². The highest BCUT2D eigenvalue weighted by molar-refractivity contribution is 9.10. The summed E-state index contributed by atoms with van der Waals surface area (Å²) >= 11 is 4.52. The summed E-state index contributed by atoms with van der Waals surface area (Å²) in [5.74, 6) is -1.59. The van der Waals surface area contributed by atoms with Crippen molar-refractivity contribution in [3.63, 3.8) is 0 Å². The molecule has 0 aliphatic rings. The molecule has 4 aromatic carbocycles. The van der Waals surface area contributed by atoms with Crippen LogP contribution < -0.4 is 16.0 Å². The fourth-order valence-electron chi connectivity index (χ4n) is 3.81. The molecule has 6 nitrogen and oxygen atoms in total. The lowest BCUT2D eigenvalue weighted by molar-refractivity contribution is -0.137. The maximum atomic E-state index is 13.3. The zero-order valence-electron chi connectivity index (χ0n) is 22.6. The largest absolute Gasteiger partial charge is 0.418 e. The van der Waals surface area contributed by atoms with E-state index in [-0.39, 0.29) is 11.4 Å². The third-order valence-electron chi connectivity index (χ3n) is 5.99. The topological polar surface area (TPSA) is 87.3 Å². The van der Waals surface area contributed by atoms with Gasteiger partial charge in [-0.3, -0.25) is 14.4 Å². The minimum absolute atomic E-state index is 0.0269. The van der Waals surface area contributed by atoms with Crippen LogP contribution in [0.5, 0.6) is 0 Å². The van der Waals surface area contributed by atoms with Gasteiger partial charge in [-0.1, -0.05) is 58.4 Å². The first-order valence-corrected chi connectivity index (χ1v) is 14.6. The highest BCUT2D eigenvalue weighted by Crippen LogP contribution is 2.35. The van der Waals surface area contributed by atoms with Crippen LogP contribution in [0, 0.1) is 0 Å². The van der Waals surface area contributed by atoms with E-state index >= 15 is 0 Å². The molecule has 43 heavy (non-hydrogen) atoms. The van der Waals surface area contributed by atoms with Crippen molar-refractivity contribution in [3.8, 4) is 0 Å². The van der Waals surface area contributed by atoms with E-state index in [4.69, 9.17) is 0 Å². The van der Waals surface area contributed by atoms with Gasteiger partial charge >= 0.3 is 6.18 Å². The Kier molecular flexibility index (Phi) is 10.4. The van der Waals surface area contributed by atoms with E-state index in [1.165, 1.54) is 18.2 Å². The number of benzene rings is 4. The number of alkyl halides is 3. The molecule has 11 heteroatoms. The molecule has 0 aliphatic carbocycles. The van der Waals surface area contributed by atoms with E-state index in [2.05, 4.69) is 31.9 Å². The van der Waals surface area contributed by atoms with E-state index in [1.807, 2.05) is 12.1 Å². The maximum Gasteiger partial charge on any atom is 0.418 e. The van der Waals surface area contributed by atoms with Gasteiger partial charge < -0.3 is 16.0 Å². The van der Waals surface area contributed by atoms with Crippen LogP contribution in [0.3, 0.4) is 0 Å². The second-order valence-electron chi connectivity index (χ2n) is 9.20. The molecule has 0 fully saturated rings. The van der Waals surface area contributed by atoms with Gasteiger partial charge in [-0.2, -0.15) is 13.2 Å². The monoisotopic (exact) mass is 667 g/mol. The lowest BCUT2D eigenvalue weighted by Gasteiger charge is -2.16. The van der Waals surface area contributed by atoms with Gasteiger partial charge in [0.1, 0.15) is 5.70 Å². The molecule has 0 radical (unpaired) electrons. The van der Waals surface area contributed by atoms with E-state index in [0.717, 1.165) is 22.3 Å². The number of carbonyl (C=O) groups excluding carboxylic acids is 3. The summed E-state index contributed by atoms with van der Waals surface area (Å²) in [6.07, 6.45) is -3.04. The summed E-state index contributed by atoms with van der Waals surface area (Å²) in [6.45, 7) is 1.58. The second-order valence-corrected chi connectivity index (χ2v) is 11.5. The van der Waals surface area contributed by atoms with Crippen molar-refractivity contribution in [2.45, 2.75) is 23.2 Å². The number of para-hydroxylation sites is 1. The molecule has 3 N–H and O–H groups in total. The Morgan fingerprint density at radius 3 is 2.09 bits per heavy atom. The Bertz CT molecular complexity index is 1630. The van der Waals surface area contributed by atoms with E-state index < -0.39 is 34.7 Å². The van der Waals surface area contributed by atoms with Gasteiger partial charge in [-0.25, -0.2) is 0 Å². The minimum atomic E-state index is -4.60. The Morgan fingerprint density at radius 2 is 1.44 bits per heavy atom. The van der Waals surface area contributed by atoms with Crippen LogP contribution in [0.4, 0.5) is 24.5 Å². The van der Waals surface area contributed by atoms with Crippen LogP contribution in [-0.4, -0.2) is 23.0 Å². The molecule has 1 unspecified atom stereocenters. The van der Waals surface area contributed by atoms with Crippen LogP contribution in [-0.2, 0) is 15.8 Å². The van der Waals surface area contributed by atoms with Crippen LogP contribution >= 0.6 is 27.7 Å². The summed E-state index contributed by atoms with van der Waals surface area (Å²) < 4.78 is 40.7. The molecule has 1 atom stereocenters. The smallest absolute Gasteiger partial charge is 0.325 e. The molecule has 4 aromatic rings. The van der Waals surface area contributed by atoms with Crippen molar-refractivity contribution >= 4 is 62.9 Å². The number of nitrogens with one attached hydrogen (secondary N) is 3. The van der Waals surface area contributed by atoms with Crippen LogP contribution in [0.1, 0.15) is 28.4 Å². The first-order valence-electron chi connectivity index (χ1n) is 12.9. The standard InChI is InChI=1S/C32H25BrF3N3O3S/c1-20(29(40)38-27-10-6-5-9-26(27)32(34,35)36)43-25-17-15-24(16-18-25)37-31(42)28(19-21-11-13-23(33)14-12-21)39-30(41)22-7-3-2-4-8-22/h2-20H,1H3,(H,37,42)(H,38,40)(H,39,41)/b28-19-. The molecule has 0 bridgehead atoms. The Balaban J connectivity index is 1.43. The van der Waals surface area contributed by atoms with Gasteiger partial charge in [0, 0.05) is 20.6 Å². The van der Waals surface area contributed by atoms with E-state index in [1.54, 1.807) is 79.7 Å². The summed E-state index contributed by atoms with van der Waals surface area (Å²) in [7, 11) is 0. The van der Waals surface area contributed by atoms with Crippen molar-refractivity contribution in [1.82, 2.24) is 5.32 Å². The number of amides is 3. The predicted octanol–water partition coefficient (Wildman–Crippen LogP) is 8.00. The average molecular weight is 669 g/mol. The lowest BCUT2D eigenvalue weighted by Crippen LogP contribution is -2.30. The third kappa shape index (κ3) is 9.07. The molecule has 4 rings (SSSR count). The average Bonchev–Trinajstić information content (AvgIpc) is 2.99. The number of carbonyl (C=O) groups is 3. The van der Waals surface area contributed by atoms with Gasteiger partial charge in [0.05, 0.1) is 16.5 Å². The fourth-order valence-corrected chi connectivity index (χ4v) is 4.95. The SMILES string of the molecule is CC(Sc1ccc(NC(=O)/C(=C/c2ccc(Br)cc2)NC(=O)c2ccccc2)cc1)C(=O)Nc1ccccc1C(F)(F)F. The van der Waals surface area contributed by atoms with Gasteiger partial charge in [0.15, 0.2) is 0 Å². The summed E-state index contributed by atoms with van der Waals surface area (Å²) in [6, 6.07) is 27.1.